The van der Waals surface area contributed by atoms with Crippen molar-refractivity contribution < 1.29 is 5.11 Å². The Bertz CT molecular complexity index is 55.0. The smallest absolute Gasteiger partial charge is 0.0558 e. The predicted molar refractivity (Wildman–Crippen MR) is 43.0 cm³/mol. The van der Waals surface area contributed by atoms with Gasteiger partial charge in [0.25, 0.3) is 0 Å². The highest BCUT2D eigenvalue weighted by molar-refractivity contribution is 9.09. The molecule has 0 heterocycles. The van der Waals surface area contributed by atoms with Crippen LogP contribution in [0.25, 0.3) is 0 Å². The van der Waals surface area contributed by atoms with Crippen LogP contribution < -0.4 is 0 Å². The van der Waals surface area contributed by atoms with Gasteiger partial charge in [-0.25, -0.2) is 0 Å². The lowest BCUT2D eigenvalue weighted by Crippen LogP contribution is -2.28. The molecular weight excluding hydrogens is 182 g/mol. The molecule has 0 unspecified atom stereocenters. The van der Waals surface area contributed by atoms with Crippen molar-refractivity contribution >= 4 is 15.9 Å². The lowest BCUT2D eigenvalue weighted by molar-refractivity contribution is 0.209. The van der Waals surface area contributed by atoms with Gasteiger partial charge in [0.1, 0.15) is 0 Å². The molecule has 0 aromatic heterocycles. The fourth-order valence-electron chi connectivity index (χ4n) is 0.689. The fraction of sp³-hybridized carbons (Fsp3) is 1.00. The summed E-state index contributed by atoms with van der Waals surface area (Å²) in [6.07, 6.45) is 0. The number of nitrogens with zero attached hydrogens (tertiary/aromatic N) is 1. The molecule has 1 N–H and O–H groups in total. The lowest BCUT2D eigenvalue weighted by Gasteiger charge is -2.16. The molecule has 0 fully saturated rings. The number of aliphatic hydroxyl groups is 1. The zero-order valence-corrected chi connectivity index (χ0v) is 7.39. The predicted octanol–water partition coefficient (Wildman–Crippen LogP) is 0.696. The maximum absolute atomic E-state index is 8.54. The third-order valence-electron chi connectivity index (χ3n) is 1.26. The first kappa shape index (κ1) is 9.40. The number of aliphatic hydroxyl groups excluding tert-OH is 1. The average molecular weight is 196 g/mol. The van der Waals surface area contributed by atoms with Gasteiger partial charge in [-0.15, -0.1) is 0 Å². The highest BCUT2D eigenvalue weighted by Gasteiger charge is 1.97. The largest absolute Gasteiger partial charge is 0.395 e. The van der Waals surface area contributed by atoms with Gasteiger partial charge in [0, 0.05) is 18.4 Å². The summed E-state index contributed by atoms with van der Waals surface area (Å²) < 4.78 is 0. The second kappa shape index (κ2) is 6.52. The van der Waals surface area contributed by atoms with Crippen LogP contribution in [-0.4, -0.2) is 41.6 Å². The number of hydrogen-bond donors (Lipinski definition) is 1. The molecule has 0 bridgehead atoms. The van der Waals surface area contributed by atoms with Crippen LogP contribution in [0.1, 0.15) is 6.92 Å². The number of rotatable bonds is 5. The molecule has 0 aromatic carbocycles. The summed E-state index contributed by atoms with van der Waals surface area (Å²) in [4.78, 5) is 2.19. The molecule has 56 valence electrons. The summed E-state index contributed by atoms with van der Waals surface area (Å²) >= 11 is 3.34. The molecule has 3 heteroatoms. The van der Waals surface area contributed by atoms with E-state index in [1.807, 2.05) is 0 Å². The van der Waals surface area contributed by atoms with Crippen LogP contribution in [0.4, 0.5) is 0 Å². The van der Waals surface area contributed by atoms with Crippen LogP contribution >= 0.6 is 15.9 Å². The van der Waals surface area contributed by atoms with Gasteiger partial charge in [-0.2, -0.15) is 0 Å². The molecule has 0 atom stereocenters. The van der Waals surface area contributed by atoms with E-state index in [4.69, 9.17) is 5.11 Å². The van der Waals surface area contributed by atoms with Gasteiger partial charge in [-0.3, -0.25) is 0 Å². The van der Waals surface area contributed by atoms with E-state index in [2.05, 4.69) is 27.8 Å². The van der Waals surface area contributed by atoms with Gasteiger partial charge in [0.15, 0.2) is 0 Å². The van der Waals surface area contributed by atoms with E-state index >= 15 is 0 Å². The van der Waals surface area contributed by atoms with Crippen LogP contribution in [0.3, 0.4) is 0 Å². The van der Waals surface area contributed by atoms with Crippen LogP contribution in [0.2, 0.25) is 0 Å². The number of alkyl halides is 1. The molecule has 0 aromatic rings. The first-order valence-electron chi connectivity index (χ1n) is 3.24. The van der Waals surface area contributed by atoms with Crippen molar-refractivity contribution in [3.8, 4) is 0 Å². The summed E-state index contributed by atoms with van der Waals surface area (Å²) in [5.41, 5.74) is 0. The maximum Gasteiger partial charge on any atom is 0.0558 e. The highest BCUT2D eigenvalue weighted by atomic mass is 79.9. The van der Waals surface area contributed by atoms with Crippen molar-refractivity contribution in [3.63, 3.8) is 0 Å². The van der Waals surface area contributed by atoms with Gasteiger partial charge in [0.2, 0.25) is 0 Å². The van der Waals surface area contributed by atoms with Crippen molar-refractivity contribution in [2.45, 2.75) is 6.92 Å². The van der Waals surface area contributed by atoms with E-state index in [1.165, 1.54) is 0 Å². The van der Waals surface area contributed by atoms with Crippen LogP contribution in [0, 0.1) is 0 Å². The third kappa shape index (κ3) is 4.88. The molecule has 9 heavy (non-hydrogen) atoms. The minimum absolute atomic E-state index is 0.265. The summed E-state index contributed by atoms with van der Waals surface area (Å²) in [5, 5.41) is 9.52. The monoisotopic (exact) mass is 195 g/mol. The van der Waals surface area contributed by atoms with E-state index in [1.54, 1.807) is 0 Å². The standard InChI is InChI=1S/C6H14BrNO/c1-2-8(4-3-7)5-6-9/h9H,2-6H2,1H3. The van der Waals surface area contributed by atoms with E-state index in [9.17, 15) is 0 Å². The quantitative estimate of drug-likeness (QED) is 0.654. The van der Waals surface area contributed by atoms with Crippen molar-refractivity contribution in [1.29, 1.82) is 0 Å². The normalized spacial score (nSPS) is 10.7. The Kier molecular flexibility index (Phi) is 6.81. The van der Waals surface area contributed by atoms with Gasteiger partial charge < -0.3 is 10.0 Å². The van der Waals surface area contributed by atoms with Gasteiger partial charge >= 0.3 is 0 Å². The minimum Gasteiger partial charge on any atom is -0.395 e. The van der Waals surface area contributed by atoms with E-state index in [0.29, 0.717) is 0 Å². The molecule has 0 saturated carbocycles. The molecule has 2 nitrogen and oxygen atoms in total. The maximum atomic E-state index is 8.54. The van der Waals surface area contributed by atoms with Gasteiger partial charge in [-0.1, -0.05) is 22.9 Å². The summed E-state index contributed by atoms with van der Waals surface area (Å²) in [6, 6.07) is 0. The van der Waals surface area contributed by atoms with E-state index < -0.39 is 0 Å². The van der Waals surface area contributed by atoms with Gasteiger partial charge in [0.05, 0.1) is 6.61 Å². The Morgan fingerprint density at radius 1 is 1.44 bits per heavy atom. The fourth-order valence-corrected chi connectivity index (χ4v) is 1.19. The van der Waals surface area contributed by atoms with E-state index in [0.717, 1.165) is 25.0 Å². The number of hydrogen-bond acceptors (Lipinski definition) is 2. The molecule has 0 saturated heterocycles. The molecular formula is C6H14BrNO. The molecule has 0 aliphatic heterocycles. The summed E-state index contributed by atoms with van der Waals surface area (Å²) in [5.74, 6) is 0. The topological polar surface area (TPSA) is 23.5 Å². The molecule has 0 spiro atoms. The zero-order chi connectivity index (χ0) is 7.11. The Hall–Kier alpha value is 0.400. The Labute approximate surface area is 65.0 Å². The average Bonchev–Trinajstić information content (AvgIpc) is 1.88. The Morgan fingerprint density at radius 2 is 2.11 bits per heavy atom. The molecule has 0 amide bonds. The molecule has 0 radical (unpaired) electrons. The van der Waals surface area contributed by atoms with Crippen molar-refractivity contribution in [3.05, 3.63) is 0 Å². The first-order chi connectivity index (χ1) is 4.35. The van der Waals surface area contributed by atoms with Crippen LogP contribution in [0.15, 0.2) is 0 Å². The minimum atomic E-state index is 0.265. The van der Waals surface area contributed by atoms with Gasteiger partial charge in [-0.05, 0) is 6.54 Å². The van der Waals surface area contributed by atoms with Crippen LogP contribution in [-0.2, 0) is 0 Å². The second-order valence-corrected chi connectivity index (χ2v) is 2.64. The Morgan fingerprint density at radius 3 is 2.44 bits per heavy atom. The summed E-state index contributed by atoms with van der Waals surface area (Å²) in [6.45, 7) is 5.20. The zero-order valence-electron chi connectivity index (χ0n) is 5.81. The van der Waals surface area contributed by atoms with Crippen molar-refractivity contribution in [2.24, 2.45) is 0 Å². The van der Waals surface area contributed by atoms with Crippen LogP contribution in [0.5, 0.6) is 0 Å². The van der Waals surface area contributed by atoms with Crippen molar-refractivity contribution in [2.75, 3.05) is 31.6 Å². The molecule has 0 aliphatic carbocycles. The molecule has 0 rings (SSSR count). The Balaban J connectivity index is 3.18. The highest BCUT2D eigenvalue weighted by Crippen LogP contribution is 1.88. The second-order valence-electron chi connectivity index (χ2n) is 1.85. The molecule has 0 aliphatic rings. The number of halogens is 1. The van der Waals surface area contributed by atoms with E-state index in [-0.39, 0.29) is 6.61 Å². The number of likely N-dealkylation sites (N-methyl/N-ethyl adjacent to an activating group) is 1. The first-order valence-corrected chi connectivity index (χ1v) is 4.36. The third-order valence-corrected chi connectivity index (χ3v) is 1.62. The lowest BCUT2D eigenvalue weighted by atomic mass is 10.5. The SMILES string of the molecule is CCN(CCO)CCBr. The van der Waals surface area contributed by atoms with Crippen molar-refractivity contribution in [1.82, 2.24) is 4.90 Å². The summed E-state index contributed by atoms with van der Waals surface area (Å²) in [7, 11) is 0.